The summed E-state index contributed by atoms with van der Waals surface area (Å²) in [5.74, 6) is -0.192. The molecular weight excluding hydrogens is 575 g/mol. The van der Waals surface area contributed by atoms with Gasteiger partial charge in [0.15, 0.2) is 0 Å². The summed E-state index contributed by atoms with van der Waals surface area (Å²) in [6.07, 6.45) is 29.5. The highest BCUT2D eigenvalue weighted by molar-refractivity contribution is 7.47. The topological polar surface area (TPSA) is 105 Å². The minimum Gasteiger partial charge on any atom is -0.387 e. The molecule has 260 valence electrons. The number of phosphoric ester groups is 1. The van der Waals surface area contributed by atoms with Gasteiger partial charge in [-0.05, 0) is 44.9 Å². The molecule has 0 saturated carbocycles. The molecule has 0 aliphatic carbocycles. The van der Waals surface area contributed by atoms with Crippen LogP contribution in [0.1, 0.15) is 142 Å². The van der Waals surface area contributed by atoms with E-state index in [0.29, 0.717) is 17.4 Å². The highest BCUT2D eigenvalue weighted by atomic mass is 31.2. The third-order valence-corrected chi connectivity index (χ3v) is 8.65. The Labute approximate surface area is 271 Å². The Morgan fingerprint density at radius 2 is 1.23 bits per heavy atom. The van der Waals surface area contributed by atoms with Crippen molar-refractivity contribution in [2.75, 3.05) is 40.9 Å². The number of phosphoric acid groups is 1. The highest BCUT2D eigenvalue weighted by Gasteiger charge is 2.27. The second-order valence-corrected chi connectivity index (χ2v) is 14.7. The molecule has 0 heterocycles. The van der Waals surface area contributed by atoms with Gasteiger partial charge in [-0.25, -0.2) is 4.57 Å². The number of hydrogen-bond donors (Lipinski definition) is 3. The number of unbranched alkanes of at least 4 members (excludes halogenated alkanes) is 16. The van der Waals surface area contributed by atoms with Gasteiger partial charge in [0.25, 0.3) is 0 Å². The number of quaternary nitrogens is 1. The Kier molecular flexibility index (Phi) is 27.6. The fraction of sp³-hybridized carbons (Fsp3) is 0.857. The Hall–Kier alpha value is -1.02. The maximum absolute atomic E-state index is 12.7. The molecule has 3 unspecified atom stereocenters. The molecule has 0 aromatic carbocycles. The number of amides is 1. The van der Waals surface area contributed by atoms with Crippen molar-refractivity contribution in [2.24, 2.45) is 0 Å². The number of aliphatic hydroxyl groups is 1. The maximum Gasteiger partial charge on any atom is 0.472 e. The lowest BCUT2D eigenvalue weighted by atomic mass is 10.1. The predicted molar refractivity (Wildman–Crippen MR) is 185 cm³/mol. The molecule has 3 N–H and O–H groups in total. The van der Waals surface area contributed by atoms with Crippen molar-refractivity contribution in [1.29, 1.82) is 0 Å². The third-order valence-electron chi connectivity index (χ3n) is 7.67. The third kappa shape index (κ3) is 29.7. The van der Waals surface area contributed by atoms with Gasteiger partial charge in [-0.2, -0.15) is 0 Å². The van der Waals surface area contributed by atoms with Gasteiger partial charge in [-0.15, -0.1) is 0 Å². The lowest BCUT2D eigenvalue weighted by Crippen LogP contribution is -2.45. The first-order valence-corrected chi connectivity index (χ1v) is 19.2. The largest absolute Gasteiger partial charge is 0.472 e. The van der Waals surface area contributed by atoms with Crippen LogP contribution in [0, 0.1) is 0 Å². The number of nitrogens with zero attached hydrogens (tertiary/aromatic N) is 1. The van der Waals surface area contributed by atoms with Crippen LogP contribution in [0.4, 0.5) is 0 Å². The second-order valence-electron chi connectivity index (χ2n) is 13.2. The number of nitrogens with one attached hydrogen (secondary N) is 1. The van der Waals surface area contributed by atoms with Crippen LogP contribution >= 0.6 is 7.82 Å². The lowest BCUT2D eigenvalue weighted by Gasteiger charge is -2.25. The van der Waals surface area contributed by atoms with E-state index in [2.05, 4.69) is 31.3 Å². The maximum atomic E-state index is 12.7. The van der Waals surface area contributed by atoms with E-state index in [4.69, 9.17) is 9.05 Å². The minimum atomic E-state index is -4.32. The van der Waals surface area contributed by atoms with Crippen LogP contribution in [-0.4, -0.2) is 73.4 Å². The number of aliphatic hydroxyl groups excluding tert-OH is 1. The number of carbonyl (C=O) groups is 1. The first-order chi connectivity index (χ1) is 21.0. The molecule has 0 saturated heterocycles. The van der Waals surface area contributed by atoms with Gasteiger partial charge in [0, 0.05) is 6.42 Å². The van der Waals surface area contributed by atoms with E-state index >= 15 is 0 Å². The van der Waals surface area contributed by atoms with Crippen molar-refractivity contribution in [1.82, 2.24) is 5.32 Å². The van der Waals surface area contributed by atoms with Crippen LogP contribution in [0.3, 0.4) is 0 Å². The molecule has 44 heavy (non-hydrogen) atoms. The molecule has 0 aliphatic heterocycles. The highest BCUT2D eigenvalue weighted by Crippen LogP contribution is 2.43. The van der Waals surface area contributed by atoms with Crippen LogP contribution in [0.25, 0.3) is 0 Å². The molecule has 0 fully saturated rings. The summed E-state index contributed by atoms with van der Waals surface area (Å²) in [5, 5.41) is 13.7. The summed E-state index contributed by atoms with van der Waals surface area (Å²) >= 11 is 0. The van der Waals surface area contributed by atoms with Crippen molar-refractivity contribution in [3.63, 3.8) is 0 Å². The molecule has 1 amide bonds. The Morgan fingerprint density at radius 1 is 0.750 bits per heavy atom. The summed E-state index contributed by atoms with van der Waals surface area (Å²) in [5.41, 5.74) is 0. The quantitative estimate of drug-likeness (QED) is 0.0302. The van der Waals surface area contributed by atoms with E-state index in [0.717, 1.165) is 51.4 Å². The number of carbonyl (C=O) groups excluding carboxylic acids is 1. The van der Waals surface area contributed by atoms with E-state index in [1.54, 1.807) is 6.08 Å². The molecule has 3 atom stereocenters. The smallest absolute Gasteiger partial charge is 0.387 e. The molecule has 0 aromatic rings. The molecular formula is C35H70N2O6P+. The summed E-state index contributed by atoms with van der Waals surface area (Å²) in [6.45, 7) is 4.73. The standard InChI is InChI=1S/C35H69N2O6P/c1-6-8-10-12-14-16-18-19-21-23-25-27-29-35(39)36-33(32-43-44(40,41)42-31-30-37(3,4)5)34(38)28-26-24-22-20-17-15-13-11-9-7-2/h14,16,26,28,33-34,38H,6-13,15,17-25,27,29-32H2,1-5H3,(H-,36,39,40,41)/p+1/b16-14-,28-26+. The van der Waals surface area contributed by atoms with Crippen molar-refractivity contribution < 1.29 is 32.9 Å². The van der Waals surface area contributed by atoms with Gasteiger partial charge in [0.2, 0.25) is 5.91 Å². The van der Waals surface area contributed by atoms with Crippen molar-refractivity contribution in [3.8, 4) is 0 Å². The number of likely N-dealkylation sites (N-methyl/N-ethyl adjacent to an activating group) is 1. The number of allylic oxidation sites excluding steroid dienone is 3. The van der Waals surface area contributed by atoms with Crippen LogP contribution in [0.15, 0.2) is 24.3 Å². The summed E-state index contributed by atoms with van der Waals surface area (Å²) in [4.78, 5) is 22.9. The molecule has 0 rings (SSSR count). The van der Waals surface area contributed by atoms with E-state index in [1.165, 1.54) is 70.6 Å². The van der Waals surface area contributed by atoms with Gasteiger partial charge in [0.05, 0.1) is 39.9 Å². The predicted octanol–water partition coefficient (Wildman–Crippen LogP) is 8.63. The van der Waals surface area contributed by atoms with Gasteiger partial charge in [-0.3, -0.25) is 13.8 Å². The first kappa shape index (κ1) is 43.0. The molecule has 0 bridgehead atoms. The normalized spacial score (nSPS) is 15.2. The Bertz CT molecular complexity index is 784. The van der Waals surface area contributed by atoms with E-state index < -0.39 is 20.0 Å². The van der Waals surface area contributed by atoms with E-state index in [9.17, 15) is 19.4 Å². The van der Waals surface area contributed by atoms with E-state index in [-0.39, 0.29) is 19.1 Å². The molecule has 8 nitrogen and oxygen atoms in total. The minimum absolute atomic E-state index is 0.0601. The van der Waals surface area contributed by atoms with Gasteiger partial charge < -0.3 is 19.8 Å². The Balaban J connectivity index is 4.61. The zero-order valence-corrected chi connectivity index (χ0v) is 30.0. The fourth-order valence-corrected chi connectivity index (χ4v) is 5.47. The fourth-order valence-electron chi connectivity index (χ4n) is 4.74. The number of hydrogen-bond acceptors (Lipinski definition) is 5. The van der Waals surface area contributed by atoms with Crippen molar-refractivity contribution in [2.45, 2.75) is 154 Å². The first-order valence-electron chi connectivity index (χ1n) is 17.7. The van der Waals surface area contributed by atoms with Crippen LogP contribution in [0.5, 0.6) is 0 Å². The summed E-state index contributed by atoms with van der Waals surface area (Å²) in [6, 6.07) is -0.844. The van der Waals surface area contributed by atoms with E-state index in [1.807, 2.05) is 27.2 Å². The molecule has 0 aromatic heterocycles. The monoisotopic (exact) mass is 645 g/mol. The van der Waals surface area contributed by atoms with Crippen LogP contribution < -0.4 is 5.32 Å². The lowest BCUT2D eigenvalue weighted by molar-refractivity contribution is -0.870. The second kappa shape index (κ2) is 28.2. The average Bonchev–Trinajstić information content (AvgIpc) is 2.95. The average molecular weight is 646 g/mol. The summed E-state index contributed by atoms with van der Waals surface area (Å²) < 4.78 is 23.3. The Morgan fingerprint density at radius 3 is 1.80 bits per heavy atom. The van der Waals surface area contributed by atoms with Gasteiger partial charge in [-0.1, -0.05) is 115 Å². The van der Waals surface area contributed by atoms with Crippen molar-refractivity contribution in [3.05, 3.63) is 24.3 Å². The van der Waals surface area contributed by atoms with Crippen LogP contribution in [-0.2, 0) is 18.4 Å². The zero-order chi connectivity index (χ0) is 32.9. The zero-order valence-electron chi connectivity index (χ0n) is 29.1. The van der Waals surface area contributed by atoms with Gasteiger partial charge in [0.1, 0.15) is 13.2 Å². The molecule has 0 radical (unpaired) electrons. The van der Waals surface area contributed by atoms with Crippen LogP contribution in [0.2, 0.25) is 0 Å². The SMILES string of the molecule is CCCCC/C=C\CCCCCCCC(=O)NC(COP(=O)(O)OCC[N+](C)(C)C)C(O)/C=C/CCCCCCCCCC. The van der Waals surface area contributed by atoms with Gasteiger partial charge >= 0.3 is 7.82 Å². The molecule has 0 spiro atoms. The molecule has 0 aliphatic rings. The summed E-state index contributed by atoms with van der Waals surface area (Å²) in [7, 11) is 1.56. The number of rotatable bonds is 31. The van der Waals surface area contributed by atoms with Crippen molar-refractivity contribution >= 4 is 13.7 Å². The molecule has 9 heteroatoms.